The number of ether oxygens (including phenoxy) is 2. The van der Waals surface area contributed by atoms with Crippen molar-refractivity contribution < 1.29 is 19.1 Å². The van der Waals surface area contributed by atoms with E-state index in [-0.39, 0.29) is 13.0 Å². The first-order valence-corrected chi connectivity index (χ1v) is 4.21. The van der Waals surface area contributed by atoms with Gasteiger partial charge in [-0.3, -0.25) is 0 Å². The first-order chi connectivity index (χ1) is 7.15. The third-order valence-electron chi connectivity index (χ3n) is 1.43. The Morgan fingerprint density at radius 3 is 2.80 bits per heavy atom. The van der Waals surface area contributed by atoms with Crippen LogP contribution in [0, 0.1) is 12.3 Å². The van der Waals surface area contributed by atoms with Crippen LogP contribution in [0.5, 0.6) is 0 Å². The molecule has 0 heterocycles. The lowest BCUT2D eigenvalue weighted by molar-refractivity contribution is -0.142. The monoisotopic (exact) mass is 211 g/mol. The molecule has 1 N–H and O–H groups in total. The Morgan fingerprint density at radius 1 is 1.67 bits per heavy atom. The van der Waals surface area contributed by atoms with Crippen LogP contribution in [0.25, 0.3) is 0 Å². The van der Waals surface area contributed by atoms with Crippen LogP contribution in [-0.4, -0.2) is 31.8 Å². The van der Waals surface area contributed by atoms with E-state index in [1.165, 1.54) is 13.2 Å². The summed E-state index contributed by atoms with van der Waals surface area (Å²) in [7, 11) is 1.21. The largest absolute Gasteiger partial charge is 0.467 e. The van der Waals surface area contributed by atoms with Crippen LogP contribution in [0.2, 0.25) is 0 Å². The maximum Gasteiger partial charge on any atom is 0.408 e. The summed E-state index contributed by atoms with van der Waals surface area (Å²) in [4.78, 5) is 22.2. The van der Waals surface area contributed by atoms with Gasteiger partial charge in [-0.15, -0.1) is 12.3 Å². The molecule has 0 rings (SSSR count). The van der Waals surface area contributed by atoms with Crippen LogP contribution in [-0.2, 0) is 14.3 Å². The summed E-state index contributed by atoms with van der Waals surface area (Å²) < 4.78 is 9.06. The van der Waals surface area contributed by atoms with Crippen molar-refractivity contribution >= 4 is 12.1 Å². The zero-order chi connectivity index (χ0) is 11.7. The van der Waals surface area contributed by atoms with E-state index in [1.807, 2.05) is 0 Å². The SMILES string of the molecule is C#CCC(NC(=O)OCC=C)C(=O)OC. The summed E-state index contributed by atoms with van der Waals surface area (Å²) in [6.45, 7) is 3.44. The lowest BCUT2D eigenvalue weighted by atomic mass is 10.2. The second-order valence-corrected chi connectivity index (χ2v) is 2.52. The van der Waals surface area contributed by atoms with Gasteiger partial charge >= 0.3 is 12.1 Å². The van der Waals surface area contributed by atoms with E-state index in [4.69, 9.17) is 6.42 Å². The van der Waals surface area contributed by atoms with Crippen molar-refractivity contribution in [3.63, 3.8) is 0 Å². The van der Waals surface area contributed by atoms with E-state index < -0.39 is 18.1 Å². The van der Waals surface area contributed by atoms with Gasteiger partial charge in [0.2, 0.25) is 0 Å². The van der Waals surface area contributed by atoms with Crippen LogP contribution in [0.15, 0.2) is 12.7 Å². The molecule has 1 amide bonds. The van der Waals surface area contributed by atoms with Crippen LogP contribution >= 0.6 is 0 Å². The fraction of sp³-hybridized carbons (Fsp3) is 0.400. The topological polar surface area (TPSA) is 64.6 Å². The fourth-order valence-electron chi connectivity index (χ4n) is 0.772. The summed E-state index contributed by atoms with van der Waals surface area (Å²) in [5.41, 5.74) is 0. The van der Waals surface area contributed by atoms with Crippen LogP contribution in [0.4, 0.5) is 4.79 Å². The number of terminal acetylenes is 1. The number of nitrogens with one attached hydrogen (secondary N) is 1. The van der Waals surface area contributed by atoms with Crippen molar-refractivity contribution in [3.05, 3.63) is 12.7 Å². The third-order valence-corrected chi connectivity index (χ3v) is 1.43. The van der Waals surface area contributed by atoms with Gasteiger partial charge in [0.05, 0.1) is 7.11 Å². The minimum atomic E-state index is -0.877. The van der Waals surface area contributed by atoms with Gasteiger partial charge in [-0.1, -0.05) is 12.7 Å². The molecule has 0 aromatic rings. The molecule has 0 aliphatic carbocycles. The molecule has 0 aliphatic heterocycles. The molecule has 0 bridgehead atoms. The summed E-state index contributed by atoms with van der Waals surface area (Å²) >= 11 is 0. The van der Waals surface area contributed by atoms with Crippen molar-refractivity contribution in [3.8, 4) is 12.3 Å². The Bertz CT molecular complexity index is 280. The molecule has 0 saturated heterocycles. The zero-order valence-corrected chi connectivity index (χ0v) is 8.49. The maximum atomic E-state index is 11.1. The van der Waals surface area contributed by atoms with Gasteiger partial charge in [0, 0.05) is 6.42 Å². The van der Waals surface area contributed by atoms with E-state index in [0.29, 0.717) is 0 Å². The smallest absolute Gasteiger partial charge is 0.408 e. The summed E-state index contributed by atoms with van der Waals surface area (Å²) in [6, 6.07) is -0.877. The number of amides is 1. The summed E-state index contributed by atoms with van der Waals surface area (Å²) in [5.74, 6) is 1.65. The molecular formula is C10H13NO4. The quantitative estimate of drug-likeness (QED) is 0.407. The lowest BCUT2D eigenvalue weighted by Crippen LogP contribution is -2.41. The van der Waals surface area contributed by atoms with Gasteiger partial charge < -0.3 is 14.8 Å². The molecule has 5 nitrogen and oxygen atoms in total. The van der Waals surface area contributed by atoms with Crippen molar-refractivity contribution in [1.29, 1.82) is 0 Å². The van der Waals surface area contributed by atoms with Gasteiger partial charge in [0.1, 0.15) is 12.6 Å². The van der Waals surface area contributed by atoms with E-state index in [9.17, 15) is 9.59 Å². The van der Waals surface area contributed by atoms with Crippen molar-refractivity contribution in [2.45, 2.75) is 12.5 Å². The predicted octanol–water partition coefficient (Wildman–Crippen LogP) is 0.463. The molecule has 0 aromatic carbocycles. The zero-order valence-electron chi connectivity index (χ0n) is 8.49. The Kier molecular flexibility index (Phi) is 6.47. The molecule has 0 aliphatic rings. The van der Waals surface area contributed by atoms with Gasteiger partial charge in [0.25, 0.3) is 0 Å². The normalized spacial score (nSPS) is 10.7. The number of methoxy groups -OCH3 is 1. The number of esters is 1. The third kappa shape index (κ3) is 5.37. The Labute approximate surface area is 88.4 Å². The Morgan fingerprint density at radius 2 is 2.33 bits per heavy atom. The molecule has 0 spiro atoms. The van der Waals surface area contributed by atoms with Gasteiger partial charge in [-0.25, -0.2) is 9.59 Å². The van der Waals surface area contributed by atoms with Crippen LogP contribution in [0.3, 0.4) is 0 Å². The molecule has 5 heteroatoms. The molecular weight excluding hydrogens is 198 g/mol. The molecule has 1 unspecified atom stereocenters. The molecule has 1 atom stereocenters. The van der Waals surface area contributed by atoms with Crippen molar-refractivity contribution in [1.82, 2.24) is 5.32 Å². The highest BCUT2D eigenvalue weighted by molar-refractivity contribution is 5.81. The van der Waals surface area contributed by atoms with E-state index in [2.05, 4.69) is 27.3 Å². The molecule has 0 aromatic heterocycles. The highest BCUT2D eigenvalue weighted by Crippen LogP contribution is 1.94. The Balaban J connectivity index is 4.16. The highest BCUT2D eigenvalue weighted by Gasteiger charge is 2.20. The second kappa shape index (κ2) is 7.44. The van der Waals surface area contributed by atoms with Gasteiger partial charge in [0.15, 0.2) is 0 Å². The molecule has 0 radical (unpaired) electrons. The standard InChI is InChI=1S/C10H13NO4/c1-4-6-8(9(12)14-3)11-10(13)15-7-5-2/h1,5,8H,2,6-7H2,3H3,(H,11,13). The van der Waals surface area contributed by atoms with Gasteiger partial charge in [-0.05, 0) is 0 Å². The number of hydrogen-bond acceptors (Lipinski definition) is 4. The van der Waals surface area contributed by atoms with E-state index in [1.54, 1.807) is 0 Å². The van der Waals surface area contributed by atoms with Crippen LogP contribution in [0.1, 0.15) is 6.42 Å². The van der Waals surface area contributed by atoms with Gasteiger partial charge in [-0.2, -0.15) is 0 Å². The minimum absolute atomic E-state index is 0.0515. The number of hydrogen-bond donors (Lipinski definition) is 1. The van der Waals surface area contributed by atoms with E-state index >= 15 is 0 Å². The average Bonchev–Trinajstić information content (AvgIpc) is 2.24. The van der Waals surface area contributed by atoms with Crippen LogP contribution < -0.4 is 5.32 Å². The Hall–Kier alpha value is -1.96. The maximum absolute atomic E-state index is 11.1. The fourth-order valence-corrected chi connectivity index (χ4v) is 0.772. The lowest BCUT2D eigenvalue weighted by Gasteiger charge is -2.13. The number of alkyl carbamates (subject to hydrolysis) is 1. The van der Waals surface area contributed by atoms with Crippen molar-refractivity contribution in [2.75, 3.05) is 13.7 Å². The minimum Gasteiger partial charge on any atom is -0.467 e. The summed E-state index contributed by atoms with van der Waals surface area (Å²) in [5, 5.41) is 2.28. The number of rotatable bonds is 5. The first-order valence-electron chi connectivity index (χ1n) is 4.21. The number of carbonyl (C=O) groups is 2. The first kappa shape index (κ1) is 13.0. The average molecular weight is 211 g/mol. The number of carbonyl (C=O) groups excluding carboxylic acids is 2. The highest BCUT2D eigenvalue weighted by atomic mass is 16.6. The summed E-state index contributed by atoms with van der Waals surface area (Å²) in [6.07, 6.45) is 5.76. The molecule has 0 fully saturated rings. The van der Waals surface area contributed by atoms with Crippen molar-refractivity contribution in [2.24, 2.45) is 0 Å². The van der Waals surface area contributed by atoms with E-state index in [0.717, 1.165) is 0 Å². The predicted molar refractivity (Wildman–Crippen MR) is 53.9 cm³/mol. The second-order valence-electron chi connectivity index (χ2n) is 2.52. The molecule has 82 valence electrons. The molecule has 0 saturated carbocycles. The molecule has 15 heavy (non-hydrogen) atoms.